The lowest BCUT2D eigenvalue weighted by Crippen LogP contribution is -2.50. The molecule has 2 N–H and O–H groups in total. The Labute approximate surface area is 127 Å². The van der Waals surface area contributed by atoms with E-state index < -0.39 is 5.54 Å². The number of amides is 1. The van der Waals surface area contributed by atoms with Gasteiger partial charge in [-0.15, -0.1) is 6.58 Å². The second-order valence-electron chi connectivity index (χ2n) is 5.37. The van der Waals surface area contributed by atoms with Crippen LogP contribution in [0.2, 0.25) is 0 Å². The van der Waals surface area contributed by atoms with Gasteiger partial charge in [0.05, 0.1) is 10.9 Å². The first-order valence-electron chi connectivity index (χ1n) is 7.16. The fourth-order valence-electron chi connectivity index (χ4n) is 2.69. The van der Waals surface area contributed by atoms with Crippen molar-refractivity contribution in [1.82, 2.24) is 15.5 Å². The molecule has 1 amide bonds. The highest BCUT2D eigenvalue weighted by atomic mass is 16.5. The zero-order chi connectivity index (χ0) is 15.6. The van der Waals surface area contributed by atoms with Gasteiger partial charge in [0.15, 0.2) is 5.69 Å². The average molecular weight is 299 g/mol. The standard InChI is InChI=1S/C16H17N3O3/c1-2-16(7-9-22-10-8-16)17-15(21)13-11-5-3-4-6-12(11)14(20)19-18-13/h2-6H,1,7-10H2,(H,17,21)(H,19,20). The second kappa shape index (κ2) is 5.73. The van der Waals surface area contributed by atoms with Crippen molar-refractivity contribution in [2.45, 2.75) is 18.4 Å². The molecule has 1 aromatic carbocycles. The third kappa shape index (κ3) is 2.53. The molecular weight excluding hydrogens is 282 g/mol. The number of nitrogens with zero attached hydrogens (tertiary/aromatic N) is 1. The minimum atomic E-state index is -0.492. The van der Waals surface area contributed by atoms with Crippen molar-refractivity contribution in [2.75, 3.05) is 13.2 Å². The third-order valence-corrected chi connectivity index (χ3v) is 4.05. The summed E-state index contributed by atoms with van der Waals surface area (Å²) < 4.78 is 5.34. The van der Waals surface area contributed by atoms with Crippen LogP contribution in [0.3, 0.4) is 0 Å². The topological polar surface area (TPSA) is 84.1 Å². The molecular formula is C16H17N3O3. The number of hydrogen-bond acceptors (Lipinski definition) is 4. The summed E-state index contributed by atoms with van der Waals surface area (Å²) in [4.78, 5) is 24.4. The lowest BCUT2D eigenvalue weighted by Gasteiger charge is -2.35. The van der Waals surface area contributed by atoms with Crippen LogP contribution in [-0.2, 0) is 4.74 Å². The Kier molecular flexibility index (Phi) is 3.77. The molecule has 22 heavy (non-hydrogen) atoms. The smallest absolute Gasteiger partial charge is 0.273 e. The summed E-state index contributed by atoms with van der Waals surface area (Å²) in [5.74, 6) is -0.325. The van der Waals surface area contributed by atoms with Gasteiger partial charge in [0.25, 0.3) is 11.5 Å². The van der Waals surface area contributed by atoms with E-state index in [9.17, 15) is 9.59 Å². The number of hydrogen-bond donors (Lipinski definition) is 2. The Balaban J connectivity index is 1.97. The molecule has 3 rings (SSSR count). The Morgan fingerprint density at radius 1 is 1.32 bits per heavy atom. The van der Waals surface area contributed by atoms with Crippen molar-refractivity contribution in [3.8, 4) is 0 Å². The minimum absolute atomic E-state index is 0.211. The van der Waals surface area contributed by atoms with Crippen LogP contribution >= 0.6 is 0 Å². The average Bonchev–Trinajstić information content (AvgIpc) is 2.56. The number of benzene rings is 1. The van der Waals surface area contributed by atoms with E-state index in [0.717, 1.165) is 0 Å². The van der Waals surface area contributed by atoms with Crippen LogP contribution in [0.4, 0.5) is 0 Å². The van der Waals surface area contributed by atoms with Gasteiger partial charge in [0, 0.05) is 18.6 Å². The zero-order valence-corrected chi connectivity index (χ0v) is 12.1. The summed E-state index contributed by atoms with van der Waals surface area (Å²) in [7, 11) is 0. The Morgan fingerprint density at radius 2 is 2.00 bits per heavy atom. The summed E-state index contributed by atoms with van der Waals surface area (Å²) in [5, 5.41) is 10.3. The van der Waals surface area contributed by atoms with Crippen molar-refractivity contribution in [1.29, 1.82) is 0 Å². The molecule has 1 aromatic heterocycles. The van der Waals surface area contributed by atoms with Gasteiger partial charge >= 0.3 is 0 Å². The van der Waals surface area contributed by atoms with Gasteiger partial charge in [-0.1, -0.05) is 24.3 Å². The van der Waals surface area contributed by atoms with Crippen molar-refractivity contribution < 1.29 is 9.53 Å². The summed E-state index contributed by atoms with van der Waals surface area (Å²) in [6.45, 7) is 4.98. The first-order valence-corrected chi connectivity index (χ1v) is 7.16. The van der Waals surface area contributed by atoms with E-state index in [4.69, 9.17) is 4.74 Å². The van der Waals surface area contributed by atoms with E-state index in [2.05, 4.69) is 22.1 Å². The monoisotopic (exact) mass is 299 g/mol. The zero-order valence-electron chi connectivity index (χ0n) is 12.1. The van der Waals surface area contributed by atoms with Crippen molar-refractivity contribution in [3.63, 3.8) is 0 Å². The van der Waals surface area contributed by atoms with Crippen LogP contribution in [0.25, 0.3) is 10.8 Å². The van der Waals surface area contributed by atoms with E-state index in [1.807, 2.05) is 0 Å². The Morgan fingerprint density at radius 3 is 2.68 bits per heavy atom. The molecule has 1 saturated heterocycles. The lowest BCUT2D eigenvalue weighted by atomic mass is 9.90. The largest absolute Gasteiger partial charge is 0.381 e. The molecule has 2 aromatic rings. The number of carbonyl (C=O) groups excluding carboxylic acids is 1. The predicted molar refractivity (Wildman–Crippen MR) is 82.8 cm³/mol. The molecule has 0 atom stereocenters. The maximum absolute atomic E-state index is 12.6. The van der Waals surface area contributed by atoms with E-state index in [0.29, 0.717) is 36.8 Å². The van der Waals surface area contributed by atoms with Gasteiger partial charge in [-0.05, 0) is 18.9 Å². The predicted octanol–water partition coefficient (Wildman–Crippen LogP) is 1.39. The highest BCUT2D eigenvalue weighted by Crippen LogP contribution is 2.23. The number of carbonyl (C=O) groups is 1. The summed E-state index contributed by atoms with van der Waals surface area (Å²) >= 11 is 0. The number of rotatable bonds is 3. The van der Waals surface area contributed by atoms with Crippen molar-refractivity contribution in [3.05, 3.63) is 53.0 Å². The van der Waals surface area contributed by atoms with Crippen LogP contribution in [0.15, 0.2) is 41.7 Å². The first kappa shape index (κ1) is 14.5. The quantitative estimate of drug-likeness (QED) is 0.839. The molecule has 2 heterocycles. The number of ether oxygens (including phenoxy) is 1. The van der Waals surface area contributed by atoms with Crippen LogP contribution in [-0.4, -0.2) is 34.9 Å². The molecule has 1 fully saturated rings. The molecule has 6 heteroatoms. The number of aromatic amines is 1. The van der Waals surface area contributed by atoms with Crippen LogP contribution < -0.4 is 10.9 Å². The number of aromatic nitrogens is 2. The van der Waals surface area contributed by atoms with Crippen LogP contribution in [0.1, 0.15) is 23.3 Å². The molecule has 1 aliphatic heterocycles. The van der Waals surface area contributed by atoms with E-state index in [1.54, 1.807) is 30.3 Å². The van der Waals surface area contributed by atoms with Gasteiger partial charge in [-0.2, -0.15) is 5.10 Å². The van der Waals surface area contributed by atoms with Crippen molar-refractivity contribution >= 4 is 16.7 Å². The molecule has 0 bridgehead atoms. The number of H-pyrrole nitrogens is 1. The Hall–Kier alpha value is -2.47. The fraction of sp³-hybridized carbons (Fsp3) is 0.312. The summed E-state index contributed by atoms with van der Waals surface area (Å²) in [6.07, 6.45) is 3.09. The molecule has 114 valence electrons. The van der Waals surface area contributed by atoms with Crippen LogP contribution in [0.5, 0.6) is 0 Å². The molecule has 0 aliphatic carbocycles. The molecule has 0 radical (unpaired) electrons. The number of fused-ring (bicyclic) bond motifs is 1. The van der Waals surface area contributed by atoms with E-state index in [1.165, 1.54) is 0 Å². The highest BCUT2D eigenvalue weighted by molar-refractivity contribution is 6.05. The van der Waals surface area contributed by atoms with E-state index in [-0.39, 0.29) is 17.2 Å². The first-order chi connectivity index (χ1) is 10.7. The molecule has 0 spiro atoms. The Bertz CT molecular complexity index is 776. The van der Waals surface area contributed by atoms with Gasteiger partial charge in [-0.25, -0.2) is 5.10 Å². The SMILES string of the molecule is C=CC1(NC(=O)c2n[nH]c(=O)c3ccccc23)CCOCC1. The van der Waals surface area contributed by atoms with Gasteiger partial charge in [-0.3, -0.25) is 9.59 Å². The summed E-state index contributed by atoms with van der Waals surface area (Å²) in [6, 6.07) is 6.92. The van der Waals surface area contributed by atoms with Crippen molar-refractivity contribution in [2.24, 2.45) is 0 Å². The third-order valence-electron chi connectivity index (χ3n) is 4.05. The normalized spacial score (nSPS) is 17.1. The minimum Gasteiger partial charge on any atom is -0.381 e. The van der Waals surface area contributed by atoms with Gasteiger partial charge in [0.2, 0.25) is 0 Å². The highest BCUT2D eigenvalue weighted by Gasteiger charge is 2.32. The van der Waals surface area contributed by atoms with Gasteiger partial charge < -0.3 is 10.1 Å². The molecule has 1 aliphatic rings. The maximum atomic E-state index is 12.6. The van der Waals surface area contributed by atoms with Crippen LogP contribution in [0, 0.1) is 0 Å². The molecule has 6 nitrogen and oxygen atoms in total. The molecule has 0 saturated carbocycles. The number of nitrogens with one attached hydrogen (secondary N) is 2. The van der Waals surface area contributed by atoms with Gasteiger partial charge in [0.1, 0.15) is 0 Å². The maximum Gasteiger partial charge on any atom is 0.273 e. The second-order valence-corrected chi connectivity index (χ2v) is 5.37. The van der Waals surface area contributed by atoms with E-state index >= 15 is 0 Å². The fourth-order valence-corrected chi connectivity index (χ4v) is 2.69. The summed E-state index contributed by atoms with van der Waals surface area (Å²) in [5.41, 5.74) is -0.589. The lowest BCUT2D eigenvalue weighted by molar-refractivity contribution is 0.0510. The molecule has 0 unspecified atom stereocenters.